The number of rotatable bonds is 44. The average molecular weight is 982 g/mol. The highest BCUT2D eigenvalue weighted by Crippen LogP contribution is 2.26. The van der Waals surface area contributed by atoms with Gasteiger partial charge in [0.15, 0.2) is 12.4 Å². The summed E-state index contributed by atoms with van der Waals surface area (Å²) in [6, 6.07) is -1.05. The van der Waals surface area contributed by atoms with Gasteiger partial charge in [0.05, 0.1) is 25.4 Å². The number of hydrogen-bond donors (Lipinski definition) is 6. The average Bonchev–Trinajstić information content (AvgIpc) is 3.36. The molecule has 1 saturated heterocycles. The summed E-state index contributed by atoms with van der Waals surface area (Å²) in [5.41, 5.74) is 0. The molecule has 0 bridgehead atoms. The molecule has 11 nitrogen and oxygen atoms in total. The molecule has 11 heteroatoms. The highest BCUT2D eigenvalue weighted by molar-refractivity contribution is 5.80. The molecule has 8 unspecified atom stereocenters. The van der Waals surface area contributed by atoms with Crippen molar-refractivity contribution >= 4 is 11.9 Å². The molecular weight excluding hydrogens is 883 g/mol. The molecule has 1 fully saturated rings. The number of unbranched alkanes of at least 4 members (excludes halogenated alkanes) is 21. The van der Waals surface area contributed by atoms with Gasteiger partial charge in [0.2, 0.25) is 5.91 Å². The van der Waals surface area contributed by atoms with Gasteiger partial charge in [0, 0.05) is 6.42 Å². The predicted octanol–water partition coefficient (Wildman–Crippen LogP) is 12.0. The Morgan fingerprint density at radius 2 is 1.04 bits per heavy atom. The van der Waals surface area contributed by atoms with E-state index in [1.807, 2.05) is 66.8 Å². The lowest BCUT2D eigenvalue weighted by molar-refractivity contribution is -0.305. The summed E-state index contributed by atoms with van der Waals surface area (Å²) >= 11 is 0. The van der Waals surface area contributed by atoms with E-state index in [1.165, 1.54) is 83.5 Å². The second-order valence-electron chi connectivity index (χ2n) is 18.7. The van der Waals surface area contributed by atoms with Crippen LogP contribution in [0.4, 0.5) is 0 Å². The standard InChI is InChI=1S/C59H99NO10/c1-4-7-10-13-16-19-22-25-26-27-28-29-32-35-38-41-44-47-54(64)70-57-56(66)55(65)53(48-61)69-59(57)68-49-50(51(62)45-42-39-36-33-30-23-20-17-14-11-8-5-2)60-58(67)52(63)46-43-40-37-34-31-24-21-18-15-12-9-6-3/h7,10,13,16,19,22,25-29,31-32,34,42,45,50-53,55-57,59,61-63,65-66H,4-6,8-9,11-12,14-15,17-18,20-21,23-24,30,33,35-41,43-44,46-49H2,1-3H3,(H,60,67)/b10-7-,16-13+,22-19+,26-25-,28-27+,32-29+,34-31-,45-42+. The number of nitrogens with one attached hydrogen (secondary N) is 1. The number of aliphatic hydroxyl groups excluding tert-OH is 5. The molecule has 0 aromatic rings. The van der Waals surface area contributed by atoms with Gasteiger partial charge in [0.25, 0.3) is 0 Å². The smallest absolute Gasteiger partial charge is 0.306 e. The number of allylic oxidation sites excluding steroid dienone is 15. The van der Waals surface area contributed by atoms with E-state index >= 15 is 0 Å². The third kappa shape index (κ3) is 34.8. The van der Waals surface area contributed by atoms with E-state index in [-0.39, 0.29) is 19.4 Å². The molecule has 1 aliphatic heterocycles. The Balaban J connectivity index is 2.80. The first-order chi connectivity index (χ1) is 34.2. The van der Waals surface area contributed by atoms with Crippen molar-refractivity contribution in [1.82, 2.24) is 5.32 Å². The van der Waals surface area contributed by atoms with Gasteiger partial charge >= 0.3 is 5.97 Å². The summed E-state index contributed by atoms with van der Waals surface area (Å²) in [5, 5.41) is 56.7. The van der Waals surface area contributed by atoms with Gasteiger partial charge < -0.3 is 45.1 Å². The third-order valence-corrected chi connectivity index (χ3v) is 12.4. The lowest BCUT2D eigenvalue weighted by atomic mass is 9.99. The minimum Gasteiger partial charge on any atom is -0.454 e. The Labute approximate surface area is 425 Å². The van der Waals surface area contributed by atoms with Gasteiger partial charge in [-0.1, -0.05) is 221 Å². The molecule has 0 aromatic heterocycles. The lowest BCUT2D eigenvalue weighted by Crippen LogP contribution is -2.61. The van der Waals surface area contributed by atoms with Crippen molar-refractivity contribution in [3.05, 3.63) is 97.2 Å². The molecule has 8 atom stereocenters. The SMILES string of the molecule is CC\C=C/C=C/C=C/C=C\C=C\C=C\CCCCCC(=O)OC1C(OCC(NC(=O)C(O)CCCC/C=C\CCCCCCCC)C(O)/C=C/CCCCCCCCCCCC)OC(CO)C(O)C1O. The van der Waals surface area contributed by atoms with Crippen LogP contribution in [-0.4, -0.2) is 99.6 Å². The fourth-order valence-corrected chi connectivity index (χ4v) is 7.97. The summed E-state index contributed by atoms with van der Waals surface area (Å²) in [4.78, 5) is 26.4. The van der Waals surface area contributed by atoms with Crippen LogP contribution in [0.1, 0.15) is 201 Å². The van der Waals surface area contributed by atoms with E-state index in [0.717, 1.165) is 70.6 Å². The molecule has 400 valence electrons. The highest BCUT2D eigenvalue weighted by atomic mass is 16.7. The first-order valence-electron chi connectivity index (χ1n) is 27.6. The van der Waals surface area contributed by atoms with Crippen LogP contribution >= 0.6 is 0 Å². The molecule has 70 heavy (non-hydrogen) atoms. The second-order valence-corrected chi connectivity index (χ2v) is 18.7. The topological polar surface area (TPSA) is 175 Å². The van der Waals surface area contributed by atoms with Gasteiger partial charge in [0.1, 0.15) is 24.4 Å². The summed E-state index contributed by atoms with van der Waals surface area (Å²) in [5.74, 6) is -1.27. The quantitative estimate of drug-likeness (QED) is 0.0149. The van der Waals surface area contributed by atoms with Crippen molar-refractivity contribution in [2.75, 3.05) is 13.2 Å². The molecule has 0 saturated carbocycles. The highest BCUT2D eigenvalue weighted by Gasteiger charge is 2.47. The number of carbonyl (C=O) groups excluding carboxylic acids is 2. The molecular formula is C59H99NO10. The summed E-state index contributed by atoms with van der Waals surface area (Å²) in [6.07, 6.45) is 50.2. The summed E-state index contributed by atoms with van der Waals surface area (Å²) in [6.45, 7) is 5.56. The molecule has 6 N–H and O–H groups in total. The predicted molar refractivity (Wildman–Crippen MR) is 287 cm³/mol. The fraction of sp³-hybridized carbons (Fsp3) is 0.695. The Hall–Kier alpha value is -3.42. The van der Waals surface area contributed by atoms with Crippen LogP contribution in [0.2, 0.25) is 0 Å². The van der Waals surface area contributed by atoms with Crippen molar-refractivity contribution < 1.29 is 49.3 Å². The zero-order valence-corrected chi connectivity index (χ0v) is 43.8. The second kappa shape index (κ2) is 46.6. The molecule has 1 aliphatic rings. The number of aliphatic hydroxyl groups is 5. The first kappa shape index (κ1) is 64.6. The van der Waals surface area contributed by atoms with Crippen molar-refractivity contribution in [2.45, 2.75) is 250 Å². The minimum absolute atomic E-state index is 0.0656. The minimum atomic E-state index is -1.64. The lowest BCUT2D eigenvalue weighted by Gasteiger charge is -2.41. The summed E-state index contributed by atoms with van der Waals surface area (Å²) in [7, 11) is 0. The van der Waals surface area contributed by atoms with Crippen molar-refractivity contribution in [2.24, 2.45) is 0 Å². The molecule has 1 rings (SSSR count). The zero-order valence-electron chi connectivity index (χ0n) is 43.8. The first-order valence-corrected chi connectivity index (χ1v) is 27.6. The van der Waals surface area contributed by atoms with Gasteiger partial charge in [-0.15, -0.1) is 0 Å². The molecule has 0 spiro atoms. The fourth-order valence-electron chi connectivity index (χ4n) is 7.97. The van der Waals surface area contributed by atoms with Crippen LogP contribution in [-0.2, 0) is 23.8 Å². The maximum Gasteiger partial charge on any atom is 0.306 e. The molecule has 0 aliphatic carbocycles. The molecule has 1 heterocycles. The Kier molecular flexibility index (Phi) is 43.0. The van der Waals surface area contributed by atoms with Gasteiger partial charge in [-0.05, 0) is 70.6 Å². The van der Waals surface area contributed by atoms with Gasteiger partial charge in [-0.2, -0.15) is 0 Å². The number of hydrogen-bond acceptors (Lipinski definition) is 10. The van der Waals surface area contributed by atoms with Crippen molar-refractivity contribution in [3.8, 4) is 0 Å². The molecule has 0 radical (unpaired) electrons. The molecule has 0 aromatic carbocycles. The number of esters is 1. The van der Waals surface area contributed by atoms with Crippen LogP contribution in [0.5, 0.6) is 0 Å². The zero-order chi connectivity index (χ0) is 51.1. The van der Waals surface area contributed by atoms with Crippen LogP contribution in [0.25, 0.3) is 0 Å². The monoisotopic (exact) mass is 982 g/mol. The van der Waals surface area contributed by atoms with Crippen molar-refractivity contribution in [3.63, 3.8) is 0 Å². The number of ether oxygens (including phenoxy) is 3. The Morgan fingerprint density at radius 1 is 0.571 bits per heavy atom. The normalized spacial score (nSPS) is 20.5. The third-order valence-electron chi connectivity index (χ3n) is 12.4. The van der Waals surface area contributed by atoms with Gasteiger partial charge in [-0.25, -0.2) is 0 Å². The van der Waals surface area contributed by atoms with E-state index in [9.17, 15) is 35.1 Å². The Morgan fingerprint density at radius 3 is 1.59 bits per heavy atom. The van der Waals surface area contributed by atoms with Crippen LogP contribution < -0.4 is 5.32 Å². The molecule has 1 amide bonds. The van der Waals surface area contributed by atoms with Gasteiger partial charge in [-0.3, -0.25) is 9.59 Å². The van der Waals surface area contributed by atoms with Crippen molar-refractivity contribution in [1.29, 1.82) is 0 Å². The maximum atomic E-state index is 13.3. The van der Waals surface area contributed by atoms with Crippen LogP contribution in [0.3, 0.4) is 0 Å². The van der Waals surface area contributed by atoms with E-state index in [2.05, 4.69) is 50.4 Å². The maximum absolute atomic E-state index is 13.3. The van der Waals surface area contributed by atoms with E-state index < -0.39 is 67.4 Å². The van der Waals surface area contributed by atoms with E-state index in [1.54, 1.807) is 6.08 Å². The number of carbonyl (C=O) groups is 2. The summed E-state index contributed by atoms with van der Waals surface area (Å²) < 4.78 is 17.5. The largest absolute Gasteiger partial charge is 0.454 e. The number of amides is 1. The van der Waals surface area contributed by atoms with Crippen LogP contribution in [0, 0.1) is 0 Å². The Bertz CT molecular complexity index is 1500. The van der Waals surface area contributed by atoms with Crippen LogP contribution in [0.15, 0.2) is 97.2 Å². The van der Waals surface area contributed by atoms with E-state index in [4.69, 9.17) is 14.2 Å². The van der Waals surface area contributed by atoms with E-state index in [0.29, 0.717) is 12.8 Å².